The van der Waals surface area contributed by atoms with E-state index in [-0.39, 0.29) is 0 Å². The van der Waals surface area contributed by atoms with Crippen molar-refractivity contribution in [1.82, 2.24) is 9.55 Å². The standard InChI is InChI=1S/C45H28N2S/c1-3-12-29(13-4-1)30-22-24-31(25-23-30)39-28-32-14-7-8-17-34(32)43(46-39)38-20-11-19-35-36-26-27-41-42(45(36)48-44(35)38)37-18-9-10-21-40(37)47(41)33-15-5-2-6-16-33/h1-28H. The van der Waals surface area contributed by atoms with Crippen molar-refractivity contribution in [3.63, 3.8) is 0 Å². The van der Waals surface area contributed by atoms with Crippen molar-refractivity contribution in [2.45, 2.75) is 0 Å². The Morgan fingerprint density at radius 3 is 1.92 bits per heavy atom. The number of aromatic nitrogens is 2. The van der Waals surface area contributed by atoms with Gasteiger partial charge in [-0.15, -0.1) is 11.3 Å². The molecule has 0 amide bonds. The molecule has 2 nitrogen and oxygen atoms in total. The summed E-state index contributed by atoms with van der Waals surface area (Å²) in [6.45, 7) is 0. The number of fused-ring (bicyclic) bond motifs is 8. The van der Waals surface area contributed by atoms with E-state index in [4.69, 9.17) is 4.98 Å². The molecule has 0 spiro atoms. The van der Waals surface area contributed by atoms with Crippen molar-refractivity contribution in [2.75, 3.05) is 0 Å². The zero-order chi connectivity index (χ0) is 31.6. The first-order valence-corrected chi connectivity index (χ1v) is 17.1. The fraction of sp³-hybridized carbons (Fsp3) is 0. The second-order valence-electron chi connectivity index (χ2n) is 12.3. The highest BCUT2D eigenvalue weighted by Crippen LogP contribution is 2.46. The van der Waals surface area contributed by atoms with E-state index >= 15 is 0 Å². The summed E-state index contributed by atoms with van der Waals surface area (Å²) in [6, 6.07) is 61.0. The number of benzene rings is 7. The van der Waals surface area contributed by atoms with Crippen molar-refractivity contribution in [2.24, 2.45) is 0 Å². The molecule has 10 rings (SSSR count). The molecule has 7 aromatic carbocycles. The van der Waals surface area contributed by atoms with Crippen molar-refractivity contribution >= 4 is 64.1 Å². The van der Waals surface area contributed by atoms with Crippen molar-refractivity contribution in [3.05, 3.63) is 170 Å². The van der Waals surface area contributed by atoms with Crippen LogP contribution in [0.25, 0.3) is 92.1 Å². The van der Waals surface area contributed by atoms with Crippen LogP contribution < -0.4 is 0 Å². The highest BCUT2D eigenvalue weighted by atomic mass is 32.1. The van der Waals surface area contributed by atoms with Gasteiger partial charge in [-0.05, 0) is 46.8 Å². The Balaban J connectivity index is 1.21. The fourth-order valence-electron chi connectivity index (χ4n) is 7.37. The minimum absolute atomic E-state index is 0.981. The lowest BCUT2D eigenvalue weighted by atomic mass is 9.98. The molecule has 0 bridgehead atoms. The van der Waals surface area contributed by atoms with E-state index in [0.717, 1.165) is 22.3 Å². The third kappa shape index (κ3) is 4.15. The zero-order valence-corrected chi connectivity index (χ0v) is 26.8. The third-order valence-corrected chi connectivity index (χ3v) is 10.9. The number of rotatable bonds is 4. The van der Waals surface area contributed by atoms with E-state index in [1.807, 2.05) is 11.3 Å². The maximum Gasteiger partial charge on any atom is 0.0802 e. The summed E-state index contributed by atoms with van der Waals surface area (Å²) in [4.78, 5) is 5.42. The maximum atomic E-state index is 5.42. The molecule has 0 saturated heterocycles. The number of para-hydroxylation sites is 2. The summed E-state index contributed by atoms with van der Waals surface area (Å²) in [5, 5.41) is 7.50. The van der Waals surface area contributed by atoms with Crippen molar-refractivity contribution in [1.29, 1.82) is 0 Å². The van der Waals surface area contributed by atoms with Gasteiger partial charge in [0.2, 0.25) is 0 Å². The molecule has 3 heteroatoms. The maximum absolute atomic E-state index is 5.42. The van der Waals surface area contributed by atoms with Crippen LogP contribution >= 0.6 is 11.3 Å². The van der Waals surface area contributed by atoms with Gasteiger partial charge in [0.05, 0.1) is 22.4 Å². The molecular formula is C45H28N2S. The number of thiophene rings is 1. The van der Waals surface area contributed by atoms with E-state index in [0.29, 0.717) is 0 Å². The molecule has 0 saturated carbocycles. The minimum atomic E-state index is 0.981. The summed E-state index contributed by atoms with van der Waals surface area (Å²) >= 11 is 1.89. The second kappa shape index (κ2) is 10.8. The first kappa shape index (κ1) is 27.1. The molecule has 3 aromatic heterocycles. The summed E-state index contributed by atoms with van der Waals surface area (Å²) in [7, 11) is 0. The van der Waals surface area contributed by atoms with Gasteiger partial charge in [0.25, 0.3) is 0 Å². The zero-order valence-electron chi connectivity index (χ0n) is 26.0. The topological polar surface area (TPSA) is 17.8 Å². The number of nitrogens with zero attached hydrogens (tertiary/aromatic N) is 2. The largest absolute Gasteiger partial charge is 0.309 e. The van der Waals surface area contributed by atoms with Gasteiger partial charge in [0, 0.05) is 53.1 Å². The molecule has 0 fully saturated rings. The van der Waals surface area contributed by atoms with Gasteiger partial charge in [-0.2, -0.15) is 0 Å². The summed E-state index contributed by atoms with van der Waals surface area (Å²) in [5.41, 5.74) is 10.3. The van der Waals surface area contributed by atoms with E-state index in [2.05, 4.69) is 174 Å². The molecule has 10 aromatic rings. The lowest BCUT2D eigenvalue weighted by Gasteiger charge is -2.12. The summed E-state index contributed by atoms with van der Waals surface area (Å²) in [5.74, 6) is 0. The van der Waals surface area contributed by atoms with Gasteiger partial charge in [-0.3, -0.25) is 0 Å². The highest BCUT2D eigenvalue weighted by Gasteiger charge is 2.20. The Bertz CT molecular complexity index is 2810. The van der Waals surface area contributed by atoms with Crippen LogP contribution in [-0.4, -0.2) is 9.55 Å². The number of hydrogen-bond donors (Lipinski definition) is 0. The first-order valence-electron chi connectivity index (χ1n) is 16.3. The van der Waals surface area contributed by atoms with Crippen LogP contribution in [0.3, 0.4) is 0 Å². The van der Waals surface area contributed by atoms with Crippen LogP contribution in [0.15, 0.2) is 170 Å². The highest BCUT2D eigenvalue weighted by molar-refractivity contribution is 7.27. The van der Waals surface area contributed by atoms with Gasteiger partial charge < -0.3 is 4.57 Å². The fourth-order valence-corrected chi connectivity index (χ4v) is 8.74. The molecular weight excluding hydrogens is 601 g/mol. The van der Waals surface area contributed by atoms with Gasteiger partial charge in [0.1, 0.15) is 0 Å². The first-order chi connectivity index (χ1) is 23.8. The molecule has 48 heavy (non-hydrogen) atoms. The lowest BCUT2D eigenvalue weighted by molar-refractivity contribution is 1.18. The molecule has 0 atom stereocenters. The van der Waals surface area contributed by atoms with Gasteiger partial charge >= 0.3 is 0 Å². The predicted octanol–water partition coefficient (Wildman–Crippen LogP) is 12.7. The quantitative estimate of drug-likeness (QED) is 0.190. The number of pyridine rings is 1. The predicted molar refractivity (Wildman–Crippen MR) is 205 cm³/mol. The Morgan fingerprint density at radius 1 is 0.438 bits per heavy atom. The smallest absolute Gasteiger partial charge is 0.0802 e. The molecule has 0 radical (unpaired) electrons. The van der Waals surface area contributed by atoms with Crippen LogP contribution in [0.4, 0.5) is 0 Å². The molecule has 3 heterocycles. The van der Waals surface area contributed by atoms with Crippen LogP contribution in [0.5, 0.6) is 0 Å². The summed E-state index contributed by atoms with van der Waals surface area (Å²) < 4.78 is 4.99. The molecule has 224 valence electrons. The normalized spacial score (nSPS) is 11.8. The Hall–Kier alpha value is -6.03. The van der Waals surface area contributed by atoms with Gasteiger partial charge in [-0.1, -0.05) is 140 Å². The summed E-state index contributed by atoms with van der Waals surface area (Å²) in [6.07, 6.45) is 0. The van der Waals surface area contributed by atoms with Crippen molar-refractivity contribution < 1.29 is 0 Å². The van der Waals surface area contributed by atoms with E-state index in [1.54, 1.807) is 0 Å². The number of hydrogen-bond acceptors (Lipinski definition) is 2. The van der Waals surface area contributed by atoms with Crippen LogP contribution in [-0.2, 0) is 0 Å². The second-order valence-corrected chi connectivity index (χ2v) is 13.4. The molecule has 0 aliphatic carbocycles. The Labute approximate surface area is 281 Å². The molecule has 0 aliphatic heterocycles. The average Bonchev–Trinajstić information content (AvgIpc) is 3.71. The molecule has 0 aliphatic rings. The Kier molecular flexibility index (Phi) is 6.08. The minimum Gasteiger partial charge on any atom is -0.309 e. The van der Waals surface area contributed by atoms with E-state index < -0.39 is 0 Å². The third-order valence-electron chi connectivity index (χ3n) is 9.60. The molecule has 0 unspecified atom stereocenters. The van der Waals surface area contributed by atoms with Crippen molar-refractivity contribution in [3.8, 4) is 39.3 Å². The van der Waals surface area contributed by atoms with Gasteiger partial charge in [-0.25, -0.2) is 4.98 Å². The van der Waals surface area contributed by atoms with Crippen LogP contribution in [0.2, 0.25) is 0 Å². The molecule has 0 N–H and O–H groups in total. The lowest BCUT2D eigenvalue weighted by Crippen LogP contribution is -1.92. The van der Waals surface area contributed by atoms with Crippen LogP contribution in [0.1, 0.15) is 0 Å². The SMILES string of the molecule is c1ccc(-c2ccc(-c3cc4ccccc4c(-c4cccc5c4sc4c5ccc5c4c4ccccc4n5-c4ccccc4)n3)cc2)cc1. The monoisotopic (exact) mass is 628 g/mol. The average molecular weight is 629 g/mol. The van der Waals surface area contributed by atoms with Crippen LogP contribution in [0, 0.1) is 0 Å². The van der Waals surface area contributed by atoms with E-state index in [9.17, 15) is 0 Å². The Morgan fingerprint density at radius 2 is 1.08 bits per heavy atom. The van der Waals surface area contributed by atoms with Gasteiger partial charge in [0.15, 0.2) is 0 Å². The van der Waals surface area contributed by atoms with E-state index in [1.165, 1.54) is 69.7 Å².